The van der Waals surface area contributed by atoms with E-state index in [4.69, 9.17) is 14.5 Å². The Morgan fingerprint density at radius 2 is 1.96 bits per heavy atom. The van der Waals surface area contributed by atoms with Gasteiger partial charge in [-0.15, -0.1) is 0 Å². The maximum Gasteiger partial charge on any atom is 0.231 e. The molecule has 0 bridgehead atoms. The molecule has 0 spiro atoms. The molecule has 1 N–H and O–H groups in total. The van der Waals surface area contributed by atoms with Crippen LogP contribution in [0.1, 0.15) is 12.5 Å². The molecule has 0 aliphatic carbocycles. The van der Waals surface area contributed by atoms with Gasteiger partial charge in [0.05, 0.1) is 0 Å². The third-order valence-electron chi connectivity index (χ3n) is 4.99. The molecule has 148 valence electrons. The zero-order chi connectivity index (χ0) is 19.2. The molecule has 2 aliphatic rings. The minimum Gasteiger partial charge on any atom is -0.454 e. The maximum absolute atomic E-state index is 5.46. The molecule has 0 atom stereocenters. The molecular formula is C21H27N5O2. The van der Waals surface area contributed by atoms with E-state index in [1.165, 1.54) is 5.56 Å². The van der Waals surface area contributed by atoms with Crippen LogP contribution in [0.2, 0.25) is 0 Å². The van der Waals surface area contributed by atoms with Crippen molar-refractivity contribution < 1.29 is 9.47 Å². The van der Waals surface area contributed by atoms with Crippen LogP contribution in [0.4, 0.5) is 5.82 Å². The Morgan fingerprint density at radius 1 is 1.11 bits per heavy atom. The summed E-state index contributed by atoms with van der Waals surface area (Å²) in [5.74, 6) is 3.70. The Kier molecular flexibility index (Phi) is 5.80. The lowest BCUT2D eigenvalue weighted by molar-refractivity contribution is 0.174. The average molecular weight is 381 g/mol. The summed E-state index contributed by atoms with van der Waals surface area (Å²) in [6, 6.07) is 12.2. The van der Waals surface area contributed by atoms with Crippen LogP contribution >= 0.6 is 0 Å². The molecule has 0 amide bonds. The predicted molar refractivity (Wildman–Crippen MR) is 110 cm³/mol. The summed E-state index contributed by atoms with van der Waals surface area (Å²) in [6.45, 7) is 7.79. The lowest BCUT2D eigenvalue weighted by Crippen LogP contribution is -2.52. The number of benzene rings is 1. The fourth-order valence-electron chi connectivity index (χ4n) is 3.50. The molecule has 0 unspecified atom stereocenters. The standard InChI is InChI=1S/C21H27N5O2/c1-2-22-21(24-10-8-17-6-7-18-19(15-17)28-16-27-18)26-13-11-25(12-14-26)20-5-3-4-9-23-20/h3-7,9,15H,2,8,10-14,16H2,1H3,(H,22,24). The topological polar surface area (TPSA) is 62.2 Å². The number of ether oxygens (including phenoxy) is 2. The summed E-state index contributed by atoms with van der Waals surface area (Å²) in [5.41, 5.74) is 1.21. The monoisotopic (exact) mass is 381 g/mol. The smallest absolute Gasteiger partial charge is 0.231 e. The molecule has 28 heavy (non-hydrogen) atoms. The van der Waals surface area contributed by atoms with E-state index in [1.54, 1.807) is 0 Å². The second-order valence-electron chi connectivity index (χ2n) is 6.84. The number of piperazine rings is 1. The summed E-state index contributed by atoms with van der Waals surface area (Å²) in [4.78, 5) is 14.0. The highest BCUT2D eigenvalue weighted by molar-refractivity contribution is 5.80. The van der Waals surface area contributed by atoms with Crippen molar-refractivity contribution in [3.8, 4) is 11.5 Å². The van der Waals surface area contributed by atoms with Gasteiger partial charge in [0.15, 0.2) is 17.5 Å². The van der Waals surface area contributed by atoms with Crippen molar-refractivity contribution in [1.82, 2.24) is 15.2 Å². The molecule has 3 heterocycles. The number of aliphatic imine (C=N–C) groups is 1. The van der Waals surface area contributed by atoms with E-state index in [0.29, 0.717) is 6.79 Å². The van der Waals surface area contributed by atoms with Gasteiger partial charge < -0.3 is 24.6 Å². The Balaban J connectivity index is 1.33. The fraction of sp³-hybridized carbons (Fsp3) is 0.429. The molecule has 1 aromatic heterocycles. The second kappa shape index (κ2) is 8.82. The molecular weight excluding hydrogens is 354 g/mol. The van der Waals surface area contributed by atoms with Gasteiger partial charge in [-0.3, -0.25) is 4.99 Å². The van der Waals surface area contributed by atoms with Crippen LogP contribution in [-0.4, -0.2) is 61.9 Å². The van der Waals surface area contributed by atoms with Crippen molar-refractivity contribution in [2.75, 3.05) is 51.0 Å². The van der Waals surface area contributed by atoms with Crippen LogP contribution in [0.25, 0.3) is 0 Å². The van der Waals surface area contributed by atoms with Gasteiger partial charge in [-0.1, -0.05) is 12.1 Å². The van der Waals surface area contributed by atoms with Crippen LogP contribution in [0.15, 0.2) is 47.6 Å². The van der Waals surface area contributed by atoms with Gasteiger partial charge in [0.1, 0.15) is 5.82 Å². The van der Waals surface area contributed by atoms with E-state index in [1.807, 2.05) is 24.4 Å². The summed E-state index contributed by atoms with van der Waals surface area (Å²) in [5, 5.41) is 3.43. The minimum absolute atomic E-state index is 0.311. The van der Waals surface area contributed by atoms with Gasteiger partial charge in [0.25, 0.3) is 0 Å². The van der Waals surface area contributed by atoms with Gasteiger partial charge >= 0.3 is 0 Å². The largest absolute Gasteiger partial charge is 0.454 e. The Morgan fingerprint density at radius 3 is 2.75 bits per heavy atom. The predicted octanol–water partition coefficient (Wildman–Crippen LogP) is 2.14. The van der Waals surface area contributed by atoms with Gasteiger partial charge in [-0.25, -0.2) is 4.98 Å². The second-order valence-corrected chi connectivity index (χ2v) is 6.84. The summed E-state index contributed by atoms with van der Waals surface area (Å²) in [7, 11) is 0. The molecule has 0 radical (unpaired) electrons. The van der Waals surface area contributed by atoms with Crippen molar-refractivity contribution in [1.29, 1.82) is 0 Å². The van der Waals surface area contributed by atoms with E-state index in [0.717, 1.165) is 69.0 Å². The number of aromatic nitrogens is 1. The van der Waals surface area contributed by atoms with E-state index in [9.17, 15) is 0 Å². The zero-order valence-corrected chi connectivity index (χ0v) is 16.3. The Hall–Kier alpha value is -2.96. The molecule has 1 fully saturated rings. The van der Waals surface area contributed by atoms with E-state index < -0.39 is 0 Å². The van der Waals surface area contributed by atoms with Crippen LogP contribution in [0, 0.1) is 0 Å². The number of guanidine groups is 1. The number of nitrogens with one attached hydrogen (secondary N) is 1. The lowest BCUT2D eigenvalue weighted by Gasteiger charge is -2.37. The van der Waals surface area contributed by atoms with Gasteiger partial charge in [0, 0.05) is 45.5 Å². The molecule has 0 saturated carbocycles. The molecule has 4 rings (SSSR count). The first-order valence-electron chi connectivity index (χ1n) is 9.91. The van der Waals surface area contributed by atoms with E-state index in [-0.39, 0.29) is 0 Å². The third kappa shape index (κ3) is 4.30. The number of nitrogens with zero attached hydrogens (tertiary/aromatic N) is 4. The molecule has 2 aromatic rings. The number of hydrogen-bond acceptors (Lipinski definition) is 5. The Bertz CT molecular complexity index is 804. The average Bonchev–Trinajstić information content (AvgIpc) is 3.22. The van der Waals surface area contributed by atoms with E-state index in [2.05, 4.69) is 45.2 Å². The van der Waals surface area contributed by atoms with Crippen molar-refractivity contribution in [2.45, 2.75) is 13.3 Å². The highest BCUT2D eigenvalue weighted by Crippen LogP contribution is 2.32. The van der Waals surface area contributed by atoms with Crippen molar-refractivity contribution in [3.63, 3.8) is 0 Å². The van der Waals surface area contributed by atoms with Crippen LogP contribution in [0.3, 0.4) is 0 Å². The number of rotatable bonds is 5. The zero-order valence-electron chi connectivity index (χ0n) is 16.3. The fourth-order valence-corrected chi connectivity index (χ4v) is 3.50. The highest BCUT2D eigenvalue weighted by Gasteiger charge is 2.20. The summed E-state index contributed by atoms with van der Waals surface area (Å²) in [6.07, 6.45) is 2.73. The van der Waals surface area contributed by atoms with Gasteiger partial charge in [-0.2, -0.15) is 0 Å². The number of fused-ring (bicyclic) bond motifs is 1. The molecule has 7 nitrogen and oxygen atoms in total. The van der Waals surface area contributed by atoms with Crippen LogP contribution in [0.5, 0.6) is 11.5 Å². The van der Waals surface area contributed by atoms with Crippen molar-refractivity contribution in [3.05, 3.63) is 48.2 Å². The van der Waals surface area contributed by atoms with Gasteiger partial charge in [-0.05, 0) is 43.2 Å². The molecule has 1 saturated heterocycles. The Labute approximate surface area is 166 Å². The highest BCUT2D eigenvalue weighted by atomic mass is 16.7. The van der Waals surface area contributed by atoms with Crippen molar-refractivity contribution >= 4 is 11.8 Å². The molecule has 1 aromatic carbocycles. The SMILES string of the molecule is CCNC(=NCCc1ccc2c(c1)OCO2)N1CCN(c2ccccn2)CC1. The first kappa shape index (κ1) is 18.4. The van der Waals surface area contributed by atoms with Crippen LogP contribution < -0.4 is 19.7 Å². The normalized spacial score (nSPS) is 16.4. The lowest BCUT2D eigenvalue weighted by atomic mass is 10.1. The van der Waals surface area contributed by atoms with Crippen molar-refractivity contribution in [2.24, 2.45) is 4.99 Å². The maximum atomic E-state index is 5.46. The number of anilines is 1. The van der Waals surface area contributed by atoms with Gasteiger partial charge in [0.2, 0.25) is 6.79 Å². The quantitative estimate of drug-likeness (QED) is 0.633. The molecule has 2 aliphatic heterocycles. The summed E-state index contributed by atoms with van der Waals surface area (Å²) < 4.78 is 10.8. The minimum atomic E-state index is 0.311. The first-order chi connectivity index (χ1) is 13.8. The number of pyridine rings is 1. The third-order valence-corrected chi connectivity index (χ3v) is 4.99. The van der Waals surface area contributed by atoms with Crippen LogP contribution in [-0.2, 0) is 6.42 Å². The number of hydrogen-bond donors (Lipinski definition) is 1. The first-order valence-corrected chi connectivity index (χ1v) is 9.91. The van der Waals surface area contributed by atoms with E-state index >= 15 is 0 Å². The molecule has 7 heteroatoms. The summed E-state index contributed by atoms with van der Waals surface area (Å²) >= 11 is 0.